The number of sulfone groups is 1. The zero-order valence-corrected chi connectivity index (χ0v) is 24.5. The Kier molecular flexibility index (Phi) is 7.53. The highest BCUT2D eigenvalue weighted by molar-refractivity contribution is 7.90. The van der Waals surface area contributed by atoms with E-state index in [0.29, 0.717) is 59.3 Å². The standard InChI is InChI=1S/C28H31N5O6S2/c1-18(34)30-19-4-6-21(7-5-19)41(38,39)33-14-11-20(12-15-33)31-26-9-8-22(40(3,36)37)16-24(26)25-17-32(2)28(35)27-23(25)10-13-29-27/h4-10,13,16-17,20,29,31H,11-12,14-15H2,1-3H3,(H,30,34). The van der Waals surface area contributed by atoms with Gasteiger partial charge < -0.3 is 20.2 Å². The maximum Gasteiger partial charge on any atom is 0.274 e. The number of pyridine rings is 1. The highest BCUT2D eigenvalue weighted by Crippen LogP contribution is 2.35. The van der Waals surface area contributed by atoms with Gasteiger partial charge >= 0.3 is 0 Å². The lowest BCUT2D eigenvalue weighted by atomic mass is 10.00. The van der Waals surface area contributed by atoms with Gasteiger partial charge in [0.15, 0.2) is 9.84 Å². The summed E-state index contributed by atoms with van der Waals surface area (Å²) in [5.41, 5.74) is 2.76. The van der Waals surface area contributed by atoms with E-state index in [1.807, 2.05) is 0 Å². The van der Waals surface area contributed by atoms with Crippen molar-refractivity contribution >= 4 is 48.0 Å². The molecule has 0 saturated carbocycles. The van der Waals surface area contributed by atoms with E-state index in [0.717, 1.165) is 6.26 Å². The van der Waals surface area contributed by atoms with Gasteiger partial charge in [0.25, 0.3) is 5.56 Å². The van der Waals surface area contributed by atoms with Crippen LogP contribution < -0.4 is 16.2 Å². The van der Waals surface area contributed by atoms with Gasteiger partial charge in [-0.15, -0.1) is 0 Å². The minimum atomic E-state index is -3.71. The summed E-state index contributed by atoms with van der Waals surface area (Å²) in [6.45, 7) is 1.98. The number of sulfonamides is 1. The number of rotatable bonds is 7. The number of amides is 1. The van der Waals surface area contributed by atoms with Gasteiger partial charge in [-0.25, -0.2) is 16.8 Å². The van der Waals surface area contributed by atoms with Gasteiger partial charge in [0.1, 0.15) is 5.52 Å². The van der Waals surface area contributed by atoms with Gasteiger partial charge in [-0.2, -0.15) is 4.31 Å². The van der Waals surface area contributed by atoms with E-state index in [-0.39, 0.29) is 27.3 Å². The van der Waals surface area contributed by atoms with Crippen LogP contribution in [-0.2, 0) is 31.7 Å². The Morgan fingerprint density at radius 2 is 1.61 bits per heavy atom. The third kappa shape index (κ3) is 5.78. The van der Waals surface area contributed by atoms with E-state index in [1.54, 1.807) is 55.8 Å². The second-order valence-electron chi connectivity index (χ2n) is 10.2. The van der Waals surface area contributed by atoms with Crippen molar-refractivity contribution in [3.63, 3.8) is 0 Å². The van der Waals surface area contributed by atoms with Gasteiger partial charge in [0.05, 0.1) is 9.79 Å². The van der Waals surface area contributed by atoms with Crippen molar-refractivity contribution in [1.29, 1.82) is 0 Å². The van der Waals surface area contributed by atoms with E-state index >= 15 is 0 Å². The summed E-state index contributed by atoms with van der Waals surface area (Å²) < 4.78 is 54.2. The molecule has 0 spiro atoms. The van der Waals surface area contributed by atoms with Crippen LogP contribution in [0.3, 0.4) is 0 Å². The van der Waals surface area contributed by atoms with Crippen LogP contribution in [0.2, 0.25) is 0 Å². The third-order valence-corrected chi connectivity index (χ3v) is 10.3. The Balaban J connectivity index is 1.40. The molecule has 1 amide bonds. The molecule has 0 atom stereocenters. The molecule has 0 unspecified atom stereocenters. The first kappa shape index (κ1) is 28.6. The summed E-state index contributed by atoms with van der Waals surface area (Å²) in [7, 11) is -5.57. The minimum absolute atomic E-state index is 0.0688. The topological polar surface area (TPSA) is 150 Å². The summed E-state index contributed by atoms with van der Waals surface area (Å²) in [4.78, 5) is 27.2. The SMILES string of the molecule is CC(=O)Nc1ccc(S(=O)(=O)N2CCC(Nc3ccc(S(C)(=O)=O)cc3-c3cn(C)c(=O)c4[nH]ccc34)CC2)cc1. The van der Waals surface area contributed by atoms with Crippen LogP contribution in [0, 0.1) is 0 Å². The number of nitrogens with one attached hydrogen (secondary N) is 3. The summed E-state index contributed by atoms with van der Waals surface area (Å²) in [6.07, 6.45) is 5.58. The highest BCUT2D eigenvalue weighted by Gasteiger charge is 2.30. The molecule has 41 heavy (non-hydrogen) atoms. The van der Waals surface area contributed by atoms with Crippen LogP contribution >= 0.6 is 0 Å². The fourth-order valence-electron chi connectivity index (χ4n) is 5.11. The molecule has 11 nitrogen and oxygen atoms in total. The first-order valence-electron chi connectivity index (χ1n) is 13.0. The van der Waals surface area contributed by atoms with Crippen molar-refractivity contribution in [3.05, 3.63) is 71.3 Å². The van der Waals surface area contributed by atoms with Crippen molar-refractivity contribution in [2.24, 2.45) is 7.05 Å². The number of hydrogen-bond acceptors (Lipinski definition) is 7. The maximum absolute atomic E-state index is 13.2. The smallest absolute Gasteiger partial charge is 0.274 e. The average molecular weight is 598 g/mol. The average Bonchev–Trinajstić information content (AvgIpc) is 3.41. The molecule has 3 N–H and O–H groups in total. The number of H-pyrrole nitrogens is 1. The van der Waals surface area contributed by atoms with Crippen LogP contribution in [0.15, 0.2) is 75.5 Å². The third-order valence-electron chi connectivity index (χ3n) is 7.23. The van der Waals surface area contributed by atoms with E-state index < -0.39 is 19.9 Å². The number of carbonyl (C=O) groups excluding carboxylic acids is 1. The van der Waals surface area contributed by atoms with Crippen molar-refractivity contribution in [1.82, 2.24) is 13.9 Å². The number of fused-ring (bicyclic) bond motifs is 1. The number of hydrogen-bond donors (Lipinski definition) is 3. The number of aromatic nitrogens is 2. The molecular weight excluding hydrogens is 566 g/mol. The van der Waals surface area contributed by atoms with Crippen LogP contribution in [-0.4, -0.2) is 62.0 Å². The fraction of sp³-hybridized carbons (Fsp3) is 0.286. The van der Waals surface area contributed by atoms with Crippen LogP contribution in [0.1, 0.15) is 19.8 Å². The first-order valence-corrected chi connectivity index (χ1v) is 16.3. The maximum atomic E-state index is 13.2. The van der Waals surface area contributed by atoms with Gasteiger partial charge in [-0.3, -0.25) is 9.59 Å². The van der Waals surface area contributed by atoms with Crippen molar-refractivity contribution in [2.75, 3.05) is 30.0 Å². The molecule has 0 bridgehead atoms. The molecule has 1 fully saturated rings. The molecule has 2 aromatic carbocycles. The van der Waals surface area contributed by atoms with Gasteiger partial charge in [0.2, 0.25) is 15.9 Å². The molecule has 216 valence electrons. The molecule has 13 heteroatoms. The molecule has 4 aromatic rings. The van der Waals surface area contributed by atoms with Gasteiger partial charge in [-0.1, -0.05) is 0 Å². The van der Waals surface area contributed by atoms with Crippen molar-refractivity contribution < 1.29 is 21.6 Å². The number of aryl methyl sites for hydroxylation is 1. The molecule has 1 saturated heterocycles. The zero-order chi connectivity index (χ0) is 29.5. The zero-order valence-electron chi connectivity index (χ0n) is 22.8. The number of anilines is 2. The van der Waals surface area contributed by atoms with Crippen LogP contribution in [0.25, 0.3) is 22.0 Å². The monoisotopic (exact) mass is 597 g/mol. The van der Waals surface area contributed by atoms with E-state index in [2.05, 4.69) is 15.6 Å². The molecule has 2 aromatic heterocycles. The highest BCUT2D eigenvalue weighted by atomic mass is 32.2. The Bertz CT molecular complexity index is 1900. The second-order valence-corrected chi connectivity index (χ2v) is 14.2. The lowest BCUT2D eigenvalue weighted by Crippen LogP contribution is -2.42. The van der Waals surface area contributed by atoms with E-state index in [9.17, 15) is 26.4 Å². The van der Waals surface area contributed by atoms with Crippen LogP contribution in [0.4, 0.5) is 11.4 Å². The van der Waals surface area contributed by atoms with Gasteiger partial charge in [0, 0.05) is 79.6 Å². The Morgan fingerprint density at radius 3 is 2.24 bits per heavy atom. The summed E-state index contributed by atoms with van der Waals surface area (Å²) in [6, 6.07) is 12.7. The molecule has 1 aliphatic heterocycles. The Morgan fingerprint density at radius 1 is 0.951 bits per heavy atom. The van der Waals surface area contributed by atoms with Gasteiger partial charge in [-0.05, 0) is 61.4 Å². The molecular formula is C28H31N5O6S2. The summed E-state index contributed by atoms with van der Waals surface area (Å²) >= 11 is 0. The fourth-order valence-corrected chi connectivity index (χ4v) is 7.23. The second kappa shape index (κ2) is 10.8. The summed E-state index contributed by atoms with van der Waals surface area (Å²) in [5.74, 6) is -0.238. The normalized spacial score (nSPS) is 15.2. The Hall–Kier alpha value is -3.94. The molecule has 5 rings (SSSR count). The quantitative estimate of drug-likeness (QED) is 0.296. The number of nitrogens with zero attached hydrogens (tertiary/aromatic N) is 2. The van der Waals surface area contributed by atoms with E-state index in [1.165, 1.54) is 27.9 Å². The summed E-state index contributed by atoms with van der Waals surface area (Å²) in [5, 5.41) is 6.80. The lowest BCUT2D eigenvalue weighted by Gasteiger charge is -2.32. The first-order chi connectivity index (χ1) is 19.3. The minimum Gasteiger partial charge on any atom is -0.382 e. The number of piperidine rings is 1. The Labute approximate surface area is 238 Å². The lowest BCUT2D eigenvalue weighted by molar-refractivity contribution is -0.114. The molecule has 3 heterocycles. The molecule has 1 aliphatic rings. The van der Waals surface area contributed by atoms with Crippen molar-refractivity contribution in [2.45, 2.75) is 35.6 Å². The largest absolute Gasteiger partial charge is 0.382 e. The van der Waals surface area contributed by atoms with E-state index in [4.69, 9.17) is 0 Å². The molecule has 0 radical (unpaired) electrons. The number of aromatic amines is 1. The predicted molar refractivity (Wildman–Crippen MR) is 158 cm³/mol. The van der Waals surface area contributed by atoms with Crippen LogP contribution in [0.5, 0.6) is 0 Å². The predicted octanol–water partition coefficient (Wildman–Crippen LogP) is 3.16. The number of carbonyl (C=O) groups is 1. The number of benzene rings is 2. The van der Waals surface area contributed by atoms with Crippen molar-refractivity contribution in [3.8, 4) is 11.1 Å². The molecule has 0 aliphatic carbocycles.